The van der Waals surface area contributed by atoms with Crippen LogP contribution in [0.1, 0.15) is 20.3 Å². The first-order chi connectivity index (χ1) is 5.20. The summed E-state index contributed by atoms with van der Waals surface area (Å²) in [6.07, 6.45) is 0.875. The summed E-state index contributed by atoms with van der Waals surface area (Å²) in [6, 6.07) is 0. The third-order valence-corrected chi connectivity index (χ3v) is 1.51. The van der Waals surface area contributed by atoms with Crippen molar-refractivity contribution in [3.05, 3.63) is 0 Å². The van der Waals surface area contributed by atoms with Gasteiger partial charge in [0.25, 0.3) is 0 Å². The summed E-state index contributed by atoms with van der Waals surface area (Å²) < 4.78 is 0. The molecule has 68 valence electrons. The van der Waals surface area contributed by atoms with E-state index in [0.29, 0.717) is 6.54 Å². The van der Waals surface area contributed by atoms with E-state index >= 15 is 0 Å². The van der Waals surface area contributed by atoms with E-state index in [-0.39, 0.29) is 6.10 Å². The normalized spacial score (nSPS) is 13.9. The molecule has 0 aromatic heterocycles. The Balaban J connectivity index is 3.50. The molecule has 0 saturated carbocycles. The van der Waals surface area contributed by atoms with Crippen LogP contribution in [0, 0.1) is 0 Å². The van der Waals surface area contributed by atoms with Crippen LogP contribution >= 0.6 is 0 Å². The van der Waals surface area contributed by atoms with Crippen LogP contribution in [0.15, 0.2) is 0 Å². The molecule has 1 unspecified atom stereocenters. The van der Waals surface area contributed by atoms with E-state index in [0.717, 1.165) is 26.1 Å². The maximum atomic E-state index is 9.09. The van der Waals surface area contributed by atoms with Gasteiger partial charge in [-0.2, -0.15) is 0 Å². The molecule has 0 saturated heterocycles. The molecule has 0 aromatic carbocycles. The van der Waals surface area contributed by atoms with Crippen LogP contribution in [-0.4, -0.2) is 42.3 Å². The van der Waals surface area contributed by atoms with Gasteiger partial charge in [-0.3, -0.25) is 4.90 Å². The second kappa shape index (κ2) is 6.58. The summed E-state index contributed by atoms with van der Waals surface area (Å²) in [5.41, 5.74) is 5.41. The lowest BCUT2D eigenvalue weighted by atomic mass is 10.3. The first-order valence-corrected chi connectivity index (χ1v) is 4.31. The average molecular weight is 160 g/mol. The highest BCUT2D eigenvalue weighted by molar-refractivity contribution is 4.60. The van der Waals surface area contributed by atoms with Crippen LogP contribution < -0.4 is 5.73 Å². The van der Waals surface area contributed by atoms with Crippen molar-refractivity contribution in [2.45, 2.75) is 26.4 Å². The molecule has 11 heavy (non-hydrogen) atoms. The van der Waals surface area contributed by atoms with Crippen molar-refractivity contribution in [3.63, 3.8) is 0 Å². The molecule has 0 aliphatic heterocycles. The van der Waals surface area contributed by atoms with E-state index in [1.807, 2.05) is 0 Å². The standard InChI is InChI=1S/C8H20N2O/c1-3-5-10(6-4-9)7-8(2)11/h8,11H,3-7,9H2,1-2H3. The van der Waals surface area contributed by atoms with E-state index in [9.17, 15) is 0 Å². The largest absolute Gasteiger partial charge is 0.392 e. The summed E-state index contributed by atoms with van der Waals surface area (Å²) in [6.45, 7) is 7.27. The number of aliphatic hydroxyl groups is 1. The lowest BCUT2D eigenvalue weighted by Crippen LogP contribution is -2.35. The number of aliphatic hydroxyl groups excluding tert-OH is 1. The molecule has 0 bridgehead atoms. The van der Waals surface area contributed by atoms with Gasteiger partial charge >= 0.3 is 0 Å². The topological polar surface area (TPSA) is 49.5 Å². The van der Waals surface area contributed by atoms with Crippen molar-refractivity contribution >= 4 is 0 Å². The maximum absolute atomic E-state index is 9.09. The zero-order valence-electron chi connectivity index (χ0n) is 7.58. The monoisotopic (exact) mass is 160 g/mol. The summed E-state index contributed by atoms with van der Waals surface area (Å²) in [5, 5.41) is 9.09. The Labute approximate surface area is 69.2 Å². The quantitative estimate of drug-likeness (QED) is 0.576. The Bertz CT molecular complexity index is 80.2. The highest BCUT2D eigenvalue weighted by Crippen LogP contribution is 1.92. The lowest BCUT2D eigenvalue weighted by molar-refractivity contribution is 0.128. The van der Waals surface area contributed by atoms with Gasteiger partial charge in [-0.05, 0) is 19.9 Å². The van der Waals surface area contributed by atoms with E-state index in [1.54, 1.807) is 6.92 Å². The molecule has 0 rings (SSSR count). The van der Waals surface area contributed by atoms with Crippen molar-refractivity contribution in [2.75, 3.05) is 26.2 Å². The molecule has 1 atom stereocenters. The molecule has 3 nitrogen and oxygen atoms in total. The van der Waals surface area contributed by atoms with Gasteiger partial charge in [-0.1, -0.05) is 6.92 Å². The second-order valence-electron chi connectivity index (χ2n) is 2.94. The molecule has 0 fully saturated rings. The van der Waals surface area contributed by atoms with Crippen LogP contribution in [0.5, 0.6) is 0 Å². The zero-order chi connectivity index (χ0) is 8.69. The molecule has 3 heteroatoms. The Kier molecular flexibility index (Phi) is 6.51. The fourth-order valence-corrected chi connectivity index (χ4v) is 1.17. The van der Waals surface area contributed by atoms with Crippen LogP contribution in [0.3, 0.4) is 0 Å². The van der Waals surface area contributed by atoms with Crippen LogP contribution in [-0.2, 0) is 0 Å². The molecule has 0 aliphatic rings. The van der Waals surface area contributed by atoms with Gasteiger partial charge in [0.2, 0.25) is 0 Å². The third-order valence-electron chi connectivity index (χ3n) is 1.51. The van der Waals surface area contributed by atoms with E-state index in [1.165, 1.54) is 0 Å². The summed E-state index contributed by atoms with van der Waals surface area (Å²) >= 11 is 0. The predicted molar refractivity (Wildman–Crippen MR) is 47.5 cm³/mol. The first kappa shape index (κ1) is 10.9. The summed E-state index contributed by atoms with van der Waals surface area (Å²) in [4.78, 5) is 2.19. The van der Waals surface area contributed by atoms with Gasteiger partial charge in [0.15, 0.2) is 0 Å². The highest BCUT2D eigenvalue weighted by Gasteiger charge is 2.04. The minimum Gasteiger partial charge on any atom is -0.392 e. The van der Waals surface area contributed by atoms with E-state index < -0.39 is 0 Å². The molecule has 0 aliphatic carbocycles. The zero-order valence-corrected chi connectivity index (χ0v) is 7.58. The second-order valence-corrected chi connectivity index (χ2v) is 2.94. The number of hydrogen-bond acceptors (Lipinski definition) is 3. The van der Waals surface area contributed by atoms with Gasteiger partial charge in [-0.25, -0.2) is 0 Å². The van der Waals surface area contributed by atoms with Crippen LogP contribution in [0.25, 0.3) is 0 Å². The smallest absolute Gasteiger partial charge is 0.0639 e. The van der Waals surface area contributed by atoms with Crippen molar-refractivity contribution in [1.82, 2.24) is 4.90 Å². The SMILES string of the molecule is CCCN(CCN)CC(C)O. The predicted octanol–water partition coefficient (Wildman–Crippen LogP) is 0.0379. The molecule has 0 aromatic rings. The van der Waals surface area contributed by atoms with E-state index in [2.05, 4.69) is 11.8 Å². The molecule has 0 radical (unpaired) electrons. The third kappa shape index (κ3) is 6.28. The summed E-state index contributed by atoms with van der Waals surface area (Å²) in [7, 11) is 0. The molecule has 0 spiro atoms. The maximum Gasteiger partial charge on any atom is 0.0639 e. The number of rotatable bonds is 6. The molecule has 3 N–H and O–H groups in total. The fraction of sp³-hybridized carbons (Fsp3) is 1.00. The lowest BCUT2D eigenvalue weighted by Gasteiger charge is -2.21. The Morgan fingerprint density at radius 3 is 2.45 bits per heavy atom. The molecular weight excluding hydrogens is 140 g/mol. The van der Waals surface area contributed by atoms with E-state index in [4.69, 9.17) is 10.8 Å². The van der Waals surface area contributed by atoms with Crippen molar-refractivity contribution in [3.8, 4) is 0 Å². The number of hydrogen-bond donors (Lipinski definition) is 2. The Morgan fingerprint density at radius 1 is 1.45 bits per heavy atom. The summed E-state index contributed by atoms with van der Waals surface area (Å²) in [5.74, 6) is 0. The molecule has 0 amide bonds. The van der Waals surface area contributed by atoms with Crippen molar-refractivity contribution in [2.24, 2.45) is 5.73 Å². The van der Waals surface area contributed by atoms with Crippen molar-refractivity contribution in [1.29, 1.82) is 0 Å². The minimum absolute atomic E-state index is 0.243. The van der Waals surface area contributed by atoms with Crippen molar-refractivity contribution < 1.29 is 5.11 Å². The molecular formula is C8H20N2O. The average Bonchev–Trinajstić information content (AvgIpc) is 1.87. The van der Waals surface area contributed by atoms with Gasteiger partial charge in [0.05, 0.1) is 6.10 Å². The highest BCUT2D eigenvalue weighted by atomic mass is 16.3. The fourth-order valence-electron chi connectivity index (χ4n) is 1.17. The van der Waals surface area contributed by atoms with Gasteiger partial charge in [0, 0.05) is 19.6 Å². The minimum atomic E-state index is -0.243. The van der Waals surface area contributed by atoms with Gasteiger partial charge < -0.3 is 10.8 Å². The Hall–Kier alpha value is -0.120. The van der Waals surface area contributed by atoms with Crippen LogP contribution in [0.2, 0.25) is 0 Å². The van der Waals surface area contributed by atoms with Gasteiger partial charge in [-0.15, -0.1) is 0 Å². The van der Waals surface area contributed by atoms with Crippen LogP contribution in [0.4, 0.5) is 0 Å². The van der Waals surface area contributed by atoms with Gasteiger partial charge in [0.1, 0.15) is 0 Å². The number of nitrogens with two attached hydrogens (primary N) is 1. The molecule has 0 heterocycles. The Morgan fingerprint density at radius 2 is 2.09 bits per heavy atom. The number of nitrogens with zero attached hydrogens (tertiary/aromatic N) is 1. The first-order valence-electron chi connectivity index (χ1n) is 4.31.